The maximum absolute atomic E-state index is 12.6. The summed E-state index contributed by atoms with van der Waals surface area (Å²) in [6, 6.07) is 4.79. The molecule has 2 saturated heterocycles. The number of rotatable bonds is 5. The average Bonchev–Trinajstić information content (AvgIpc) is 2.86. The minimum atomic E-state index is -0.504. The average molecular weight is 470 g/mol. The third-order valence-corrected chi connectivity index (χ3v) is 6.21. The third-order valence-electron chi connectivity index (χ3n) is 6.21. The molecule has 0 aromatic carbocycles. The van der Waals surface area contributed by atoms with Crippen molar-refractivity contribution in [3.8, 4) is 5.88 Å². The molecule has 0 saturated carbocycles. The first-order chi connectivity index (χ1) is 16.5. The maximum Gasteiger partial charge on any atom is 0.414 e. The zero-order valence-electron chi connectivity index (χ0n) is 19.6. The fourth-order valence-corrected chi connectivity index (χ4v) is 4.17. The van der Waals surface area contributed by atoms with E-state index >= 15 is 0 Å². The lowest BCUT2D eigenvalue weighted by molar-refractivity contribution is 0.180. The fraction of sp³-hybridized carbons (Fsp3) is 0.545. The predicted octanol–water partition coefficient (Wildman–Crippen LogP) is 1.58. The highest BCUT2D eigenvalue weighted by molar-refractivity contribution is 5.88. The van der Waals surface area contributed by atoms with Crippen molar-refractivity contribution in [1.82, 2.24) is 35.3 Å². The number of aromatic nitrogens is 4. The van der Waals surface area contributed by atoms with E-state index < -0.39 is 6.09 Å². The van der Waals surface area contributed by atoms with E-state index in [2.05, 4.69) is 42.7 Å². The molecule has 12 heteroatoms. The van der Waals surface area contributed by atoms with Gasteiger partial charge in [-0.1, -0.05) is 0 Å². The molecule has 0 bridgehead atoms. The van der Waals surface area contributed by atoms with Gasteiger partial charge in [0.25, 0.3) is 0 Å². The first-order valence-corrected chi connectivity index (χ1v) is 11.5. The molecular weight excluding hydrogens is 438 g/mol. The number of carbonyl (C=O) groups excluding carboxylic acids is 2. The molecule has 34 heavy (non-hydrogen) atoms. The van der Waals surface area contributed by atoms with Crippen molar-refractivity contribution in [1.29, 1.82) is 0 Å². The number of hydrogen-bond acceptors (Lipinski definition) is 9. The Kier molecular flexibility index (Phi) is 7.68. The Bertz CT molecular complexity index is 969. The Morgan fingerprint density at radius 2 is 1.97 bits per heavy atom. The van der Waals surface area contributed by atoms with Crippen LogP contribution in [0, 0.1) is 0 Å². The number of nitrogens with zero attached hydrogens (tertiary/aromatic N) is 7. The summed E-state index contributed by atoms with van der Waals surface area (Å²) in [5.74, 6) is 1.07. The van der Waals surface area contributed by atoms with Crippen molar-refractivity contribution >= 4 is 23.9 Å². The van der Waals surface area contributed by atoms with Crippen LogP contribution in [-0.4, -0.2) is 94.4 Å². The monoisotopic (exact) mass is 469 g/mol. The van der Waals surface area contributed by atoms with Gasteiger partial charge in [0.15, 0.2) is 5.82 Å². The molecule has 3 amide bonds. The van der Waals surface area contributed by atoms with Crippen molar-refractivity contribution in [2.24, 2.45) is 0 Å². The number of anilines is 2. The van der Waals surface area contributed by atoms with Gasteiger partial charge in [-0.25, -0.2) is 14.6 Å². The molecule has 1 atom stereocenters. The van der Waals surface area contributed by atoms with Crippen molar-refractivity contribution in [2.75, 3.05) is 50.5 Å². The van der Waals surface area contributed by atoms with E-state index in [1.54, 1.807) is 42.5 Å². The number of ether oxygens (including phenoxy) is 1. The Hall–Kier alpha value is -3.54. The van der Waals surface area contributed by atoms with Crippen LogP contribution in [0.1, 0.15) is 25.7 Å². The number of urea groups is 1. The maximum atomic E-state index is 12.6. The summed E-state index contributed by atoms with van der Waals surface area (Å²) >= 11 is 0. The van der Waals surface area contributed by atoms with Crippen molar-refractivity contribution < 1.29 is 14.3 Å². The Balaban J connectivity index is 1.32. The van der Waals surface area contributed by atoms with Gasteiger partial charge in [0.1, 0.15) is 0 Å². The van der Waals surface area contributed by atoms with E-state index in [0.29, 0.717) is 18.3 Å². The number of piperidine rings is 2. The summed E-state index contributed by atoms with van der Waals surface area (Å²) in [5.41, 5.74) is 0. The molecule has 0 unspecified atom stereocenters. The molecule has 12 nitrogen and oxygen atoms in total. The highest BCUT2D eigenvalue weighted by Gasteiger charge is 2.28. The highest BCUT2D eigenvalue weighted by Crippen LogP contribution is 2.21. The van der Waals surface area contributed by atoms with Crippen molar-refractivity contribution in [3.63, 3.8) is 0 Å². The number of hydrogen-bond donors (Lipinski definition) is 2. The SMILES string of the molecule is CN1CCC(NC(=O)Oc2ccnc(N3CCC[C@@H](N(C)C(=O)Nc4cccnn4)C3)n2)CC1. The second-order valence-corrected chi connectivity index (χ2v) is 8.70. The van der Waals surface area contributed by atoms with Crippen LogP contribution in [0.3, 0.4) is 0 Å². The topological polar surface area (TPSA) is 129 Å². The Morgan fingerprint density at radius 1 is 1.15 bits per heavy atom. The lowest BCUT2D eigenvalue weighted by atomic mass is 10.1. The van der Waals surface area contributed by atoms with Crippen LogP contribution in [0.5, 0.6) is 5.88 Å². The summed E-state index contributed by atoms with van der Waals surface area (Å²) in [5, 5.41) is 13.3. The molecule has 2 aromatic rings. The summed E-state index contributed by atoms with van der Waals surface area (Å²) in [6.07, 6.45) is 6.15. The van der Waals surface area contributed by atoms with Crippen molar-refractivity contribution in [3.05, 3.63) is 30.6 Å². The van der Waals surface area contributed by atoms with E-state index in [4.69, 9.17) is 4.74 Å². The van der Waals surface area contributed by atoms with Crippen LogP contribution in [0.25, 0.3) is 0 Å². The molecule has 4 rings (SSSR count). The van der Waals surface area contributed by atoms with Crippen LogP contribution < -0.4 is 20.3 Å². The normalized spacial score (nSPS) is 19.4. The molecule has 182 valence electrons. The quantitative estimate of drug-likeness (QED) is 0.670. The van der Waals surface area contributed by atoms with Gasteiger partial charge in [-0.3, -0.25) is 5.32 Å². The van der Waals surface area contributed by atoms with Crippen molar-refractivity contribution in [2.45, 2.75) is 37.8 Å². The van der Waals surface area contributed by atoms with E-state index in [1.807, 2.05) is 4.90 Å². The molecule has 2 fully saturated rings. The van der Waals surface area contributed by atoms with Gasteiger partial charge in [-0.15, -0.1) is 5.10 Å². The molecule has 2 aliphatic rings. The molecular formula is C22H31N9O3. The first kappa shape index (κ1) is 23.6. The minimum absolute atomic E-state index is 0.0358. The lowest BCUT2D eigenvalue weighted by Crippen LogP contribution is -2.50. The van der Waals surface area contributed by atoms with Gasteiger partial charge in [0.05, 0.1) is 6.04 Å². The minimum Gasteiger partial charge on any atom is -0.391 e. The van der Waals surface area contributed by atoms with E-state index in [1.165, 1.54) is 0 Å². The second-order valence-electron chi connectivity index (χ2n) is 8.70. The summed E-state index contributed by atoms with van der Waals surface area (Å²) in [7, 11) is 3.83. The zero-order chi connectivity index (χ0) is 23.9. The van der Waals surface area contributed by atoms with Crippen LogP contribution in [0.4, 0.5) is 21.4 Å². The van der Waals surface area contributed by atoms with Gasteiger partial charge in [0, 0.05) is 44.6 Å². The van der Waals surface area contributed by atoms with Gasteiger partial charge < -0.3 is 24.8 Å². The molecule has 4 heterocycles. The molecule has 2 N–H and O–H groups in total. The van der Waals surface area contributed by atoms with E-state index in [9.17, 15) is 9.59 Å². The largest absolute Gasteiger partial charge is 0.414 e. The Morgan fingerprint density at radius 3 is 2.74 bits per heavy atom. The highest BCUT2D eigenvalue weighted by atomic mass is 16.6. The number of carbonyl (C=O) groups is 2. The number of amides is 3. The first-order valence-electron chi connectivity index (χ1n) is 11.5. The standard InChI is InChI=1S/C22H31N9O3/c1-29-13-8-16(9-14-29)25-22(33)34-19-7-11-23-20(27-19)31-12-4-5-17(15-31)30(2)21(32)26-18-6-3-10-24-28-18/h3,6-7,10-11,16-17H,4-5,8-9,12-15H2,1-2H3,(H,25,33)(H,26,28,32)/t17-/m1/s1. The van der Waals surface area contributed by atoms with Crippen LogP contribution in [0.2, 0.25) is 0 Å². The van der Waals surface area contributed by atoms with E-state index in [0.717, 1.165) is 45.3 Å². The van der Waals surface area contributed by atoms with Crippen LogP contribution in [-0.2, 0) is 0 Å². The van der Waals surface area contributed by atoms with Crippen LogP contribution in [0.15, 0.2) is 30.6 Å². The lowest BCUT2D eigenvalue weighted by Gasteiger charge is -2.37. The molecule has 0 spiro atoms. The van der Waals surface area contributed by atoms with Crippen LogP contribution >= 0.6 is 0 Å². The predicted molar refractivity (Wildman–Crippen MR) is 126 cm³/mol. The van der Waals surface area contributed by atoms with Gasteiger partial charge in [0.2, 0.25) is 11.8 Å². The van der Waals surface area contributed by atoms with E-state index in [-0.39, 0.29) is 24.0 Å². The molecule has 0 radical (unpaired) electrons. The number of likely N-dealkylation sites (tertiary alicyclic amines) is 1. The summed E-state index contributed by atoms with van der Waals surface area (Å²) < 4.78 is 5.43. The van der Waals surface area contributed by atoms with Gasteiger partial charge in [-0.05, 0) is 58.0 Å². The smallest absolute Gasteiger partial charge is 0.391 e. The molecule has 2 aliphatic heterocycles. The number of likely N-dealkylation sites (N-methyl/N-ethyl adjacent to an activating group) is 1. The van der Waals surface area contributed by atoms with Gasteiger partial charge in [-0.2, -0.15) is 10.1 Å². The van der Waals surface area contributed by atoms with Gasteiger partial charge >= 0.3 is 12.1 Å². The summed E-state index contributed by atoms with van der Waals surface area (Å²) in [4.78, 5) is 39.7. The third kappa shape index (κ3) is 6.28. The fourth-order valence-electron chi connectivity index (χ4n) is 4.17. The molecule has 0 aliphatic carbocycles. The Labute approximate surface area is 198 Å². The molecule has 2 aromatic heterocycles. The second kappa shape index (κ2) is 11.1. The summed E-state index contributed by atoms with van der Waals surface area (Å²) in [6.45, 7) is 3.21. The zero-order valence-corrected chi connectivity index (χ0v) is 19.6. The number of nitrogens with one attached hydrogen (secondary N) is 2.